The van der Waals surface area contributed by atoms with Crippen molar-refractivity contribution in [3.63, 3.8) is 0 Å². The van der Waals surface area contributed by atoms with Crippen LogP contribution in [0.15, 0.2) is 42.5 Å². The van der Waals surface area contributed by atoms with Crippen LogP contribution in [0, 0.1) is 0 Å². The van der Waals surface area contributed by atoms with E-state index < -0.39 is 0 Å². The molecule has 0 unspecified atom stereocenters. The van der Waals surface area contributed by atoms with Gasteiger partial charge in [-0.15, -0.1) is 0 Å². The van der Waals surface area contributed by atoms with Gasteiger partial charge in [0.05, 0.1) is 13.7 Å². The summed E-state index contributed by atoms with van der Waals surface area (Å²) in [5, 5.41) is 3.81. The van der Waals surface area contributed by atoms with Crippen LogP contribution >= 0.6 is 23.8 Å². The first-order valence-corrected chi connectivity index (χ1v) is 9.26. The molecule has 144 valence electrons. The van der Waals surface area contributed by atoms with Gasteiger partial charge in [0.25, 0.3) is 5.91 Å². The SMILES string of the molecule is CCCCOc1ccc(C(=O)NNC(=S)Nc2ccc(Cl)cc2)cc1OC. The maximum atomic E-state index is 12.3. The lowest BCUT2D eigenvalue weighted by Gasteiger charge is -2.14. The smallest absolute Gasteiger partial charge is 0.269 e. The Morgan fingerprint density at radius 1 is 1.11 bits per heavy atom. The Morgan fingerprint density at radius 2 is 1.85 bits per heavy atom. The number of amides is 1. The van der Waals surface area contributed by atoms with Crippen molar-refractivity contribution in [1.29, 1.82) is 0 Å². The number of carbonyl (C=O) groups is 1. The molecule has 27 heavy (non-hydrogen) atoms. The monoisotopic (exact) mass is 407 g/mol. The average Bonchev–Trinajstić information content (AvgIpc) is 2.68. The summed E-state index contributed by atoms with van der Waals surface area (Å²) < 4.78 is 11.0. The van der Waals surface area contributed by atoms with Crippen LogP contribution in [0.2, 0.25) is 5.02 Å². The molecule has 2 aromatic rings. The molecule has 0 saturated heterocycles. The summed E-state index contributed by atoms with van der Waals surface area (Å²) in [6.07, 6.45) is 1.99. The van der Waals surface area contributed by atoms with Crippen LogP contribution in [0.4, 0.5) is 5.69 Å². The number of hydrogen-bond donors (Lipinski definition) is 3. The predicted molar refractivity (Wildman–Crippen MR) is 112 cm³/mol. The van der Waals surface area contributed by atoms with Crippen molar-refractivity contribution in [2.24, 2.45) is 0 Å². The number of ether oxygens (including phenoxy) is 2. The summed E-state index contributed by atoms with van der Waals surface area (Å²) in [5.41, 5.74) is 6.36. The number of halogens is 1. The number of carbonyl (C=O) groups excluding carboxylic acids is 1. The molecule has 0 spiro atoms. The first kappa shape index (κ1) is 20.8. The van der Waals surface area contributed by atoms with E-state index in [-0.39, 0.29) is 11.0 Å². The summed E-state index contributed by atoms with van der Waals surface area (Å²) in [6, 6.07) is 12.0. The van der Waals surface area contributed by atoms with Crippen molar-refractivity contribution in [1.82, 2.24) is 10.9 Å². The molecule has 0 atom stereocenters. The molecule has 0 radical (unpaired) electrons. The number of anilines is 1. The summed E-state index contributed by atoms with van der Waals surface area (Å²) in [4.78, 5) is 12.3. The topological polar surface area (TPSA) is 71.6 Å². The van der Waals surface area contributed by atoms with Crippen molar-refractivity contribution in [2.45, 2.75) is 19.8 Å². The third-order valence-electron chi connectivity index (χ3n) is 3.57. The van der Waals surface area contributed by atoms with Crippen LogP contribution in [0.3, 0.4) is 0 Å². The van der Waals surface area contributed by atoms with E-state index in [1.165, 1.54) is 7.11 Å². The molecule has 8 heteroatoms. The highest BCUT2D eigenvalue weighted by Gasteiger charge is 2.11. The average molecular weight is 408 g/mol. The molecule has 0 aliphatic heterocycles. The second-order valence-electron chi connectivity index (χ2n) is 5.61. The van der Waals surface area contributed by atoms with Gasteiger partial charge in [0, 0.05) is 16.3 Å². The lowest BCUT2D eigenvalue weighted by Crippen LogP contribution is -2.43. The van der Waals surface area contributed by atoms with Crippen LogP contribution in [0.5, 0.6) is 11.5 Å². The number of rotatable bonds is 7. The second-order valence-corrected chi connectivity index (χ2v) is 6.45. The Balaban J connectivity index is 1.90. The van der Waals surface area contributed by atoms with Crippen molar-refractivity contribution >= 4 is 40.5 Å². The number of hydrazine groups is 1. The van der Waals surface area contributed by atoms with Gasteiger partial charge in [-0.1, -0.05) is 24.9 Å². The normalized spacial score (nSPS) is 10.0. The van der Waals surface area contributed by atoms with Gasteiger partial charge in [0.2, 0.25) is 0 Å². The number of benzene rings is 2. The molecular weight excluding hydrogens is 386 g/mol. The van der Waals surface area contributed by atoms with E-state index in [4.69, 9.17) is 33.3 Å². The van der Waals surface area contributed by atoms with E-state index in [0.29, 0.717) is 28.7 Å². The quantitative estimate of drug-likeness (QED) is 0.363. The Kier molecular flexibility index (Phi) is 8.16. The summed E-state index contributed by atoms with van der Waals surface area (Å²) in [6.45, 7) is 2.69. The third-order valence-corrected chi connectivity index (χ3v) is 4.03. The largest absolute Gasteiger partial charge is 0.493 e. The number of hydrogen-bond acceptors (Lipinski definition) is 4. The van der Waals surface area contributed by atoms with Gasteiger partial charge in [-0.3, -0.25) is 15.6 Å². The van der Waals surface area contributed by atoms with Gasteiger partial charge in [-0.25, -0.2) is 0 Å². The highest BCUT2D eigenvalue weighted by atomic mass is 35.5. The first-order chi connectivity index (χ1) is 13.0. The molecule has 0 aliphatic rings. The van der Waals surface area contributed by atoms with Gasteiger partial charge in [-0.2, -0.15) is 0 Å². The Hall–Kier alpha value is -2.51. The molecule has 0 aliphatic carbocycles. The summed E-state index contributed by atoms with van der Waals surface area (Å²) in [7, 11) is 1.53. The predicted octanol–water partition coefficient (Wildman–Crippen LogP) is 4.16. The lowest BCUT2D eigenvalue weighted by molar-refractivity contribution is 0.0943. The van der Waals surface area contributed by atoms with E-state index in [2.05, 4.69) is 23.1 Å². The molecule has 1 amide bonds. The standard InChI is InChI=1S/C19H22ClN3O3S/c1-3-4-11-26-16-10-5-13(12-17(16)25-2)18(24)22-23-19(27)21-15-8-6-14(20)7-9-15/h5-10,12H,3-4,11H2,1-2H3,(H,22,24)(H2,21,23,27). The summed E-state index contributed by atoms with van der Waals surface area (Å²) in [5.74, 6) is 0.754. The highest BCUT2D eigenvalue weighted by Crippen LogP contribution is 2.28. The van der Waals surface area contributed by atoms with E-state index >= 15 is 0 Å². The van der Waals surface area contributed by atoms with Crippen LogP contribution in [-0.4, -0.2) is 24.7 Å². The first-order valence-electron chi connectivity index (χ1n) is 8.47. The fraction of sp³-hybridized carbons (Fsp3) is 0.263. The van der Waals surface area contributed by atoms with Crippen molar-refractivity contribution in [3.05, 3.63) is 53.1 Å². The zero-order chi connectivity index (χ0) is 19.6. The highest BCUT2D eigenvalue weighted by molar-refractivity contribution is 7.80. The minimum absolute atomic E-state index is 0.247. The van der Waals surface area contributed by atoms with Crippen LogP contribution < -0.4 is 25.6 Å². The zero-order valence-electron chi connectivity index (χ0n) is 15.2. The molecule has 0 heterocycles. The van der Waals surface area contributed by atoms with Gasteiger partial charge < -0.3 is 14.8 Å². The third kappa shape index (κ3) is 6.62. The second kappa shape index (κ2) is 10.6. The van der Waals surface area contributed by atoms with Crippen molar-refractivity contribution in [2.75, 3.05) is 19.0 Å². The number of nitrogens with one attached hydrogen (secondary N) is 3. The van der Waals surface area contributed by atoms with Gasteiger partial charge in [0.1, 0.15) is 0 Å². The van der Waals surface area contributed by atoms with Gasteiger partial charge in [-0.05, 0) is 61.1 Å². The maximum absolute atomic E-state index is 12.3. The maximum Gasteiger partial charge on any atom is 0.269 e. The van der Waals surface area contributed by atoms with Crippen molar-refractivity contribution < 1.29 is 14.3 Å². The van der Waals surface area contributed by atoms with Crippen molar-refractivity contribution in [3.8, 4) is 11.5 Å². The molecule has 2 rings (SSSR count). The van der Waals surface area contributed by atoms with E-state index in [0.717, 1.165) is 18.5 Å². The lowest BCUT2D eigenvalue weighted by atomic mass is 10.2. The van der Waals surface area contributed by atoms with E-state index in [1.807, 2.05) is 0 Å². The Morgan fingerprint density at radius 3 is 2.52 bits per heavy atom. The molecule has 0 aromatic heterocycles. The van der Waals surface area contributed by atoms with E-state index in [9.17, 15) is 4.79 Å². The Bertz CT molecular complexity index is 784. The molecule has 2 aromatic carbocycles. The van der Waals surface area contributed by atoms with Gasteiger partial charge in [0.15, 0.2) is 16.6 Å². The molecule has 6 nitrogen and oxygen atoms in total. The summed E-state index contributed by atoms with van der Waals surface area (Å²) >= 11 is 11.0. The fourth-order valence-electron chi connectivity index (χ4n) is 2.14. The minimum atomic E-state index is -0.353. The molecule has 0 bridgehead atoms. The fourth-order valence-corrected chi connectivity index (χ4v) is 2.43. The number of unbranched alkanes of at least 4 members (excludes halogenated alkanes) is 1. The molecule has 0 fully saturated rings. The molecule has 3 N–H and O–H groups in total. The zero-order valence-corrected chi connectivity index (χ0v) is 16.7. The molecule has 0 saturated carbocycles. The number of thiocarbonyl (C=S) groups is 1. The van der Waals surface area contributed by atoms with Gasteiger partial charge >= 0.3 is 0 Å². The van der Waals surface area contributed by atoms with E-state index in [1.54, 1.807) is 42.5 Å². The minimum Gasteiger partial charge on any atom is -0.493 e. The number of methoxy groups -OCH3 is 1. The Labute approximate surface area is 169 Å². The van der Waals surface area contributed by atoms with Crippen LogP contribution in [0.25, 0.3) is 0 Å². The molecular formula is C19H22ClN3O3S. The van der Waals surface area contributed by atoms with Crippen LogP contribution in [0.1, 0.15) is 30.1 Å². The van der Waals surface area contributed by atoms with Crippen LogP contribution in [-0.2, 0) is 0 Å².